The SMILES string of the molecule is CC/C=C/C(CCC([NH3+])C1CCOCC1)C[Si](C)(C)C. The van der Waals surface area contributed by atoms with E-state index < -0.39 is 8.07 Å². The molecule has 20 heavy (non-hydrogen) atoms. The third kappa shape index (κ3) is 7.60. The highest BCUT2D eigenvalue weighted by Gasteiger charge is 2.25. The molecule has 3 N–H and O–H groups in total. The van der Waals surface area contributed by atoms with Gasteiger partial charge in [0.1, 0.15) is 0 Å². The van der Waals surface area contributed by atoms with Gasteiger partial charge in [-0.3, -0.25) is 0 Å². The Morgan fingerprint density at radius 2 is 1.85 bits per heavy atom. The summed E-state index contributed by atoms with van der Waals surface area (Å²) in [6.45, 7) is 11.6. The van der Waals surface area contributed by atoms with Crippen LogP contribution in [0.1, 0.15) is 39.0 Å². The third-order valence-electron chi connectivity index (χ3n) is 4.36. The summed E-state index contributed by atoms with van der Waals surface area (Å²) in [5.74, 6) is 1.58. The molecule has 3 heteroatoms. The molecule has 0 saturated carbocycles. The van der Waals surface area contributed by atoms with E-state index in [1.807, 2.05) is 0 Å². The Balaban J connectivity index is 2.41. The number of hydrogen-bond donors (Lipinski definition) is 1. The predicted octanol–water partition coefficient (Wildman–Crippen LogP) is 3.72. The van der Waals surface area contributed by atoms with Gasteiger partial charge in [-0.25, -0.2) is 0 Å². The molecular weight excluding hydrogens is 262 g/mol. The molecule has 2 unspecified atom stereocenters. The lowest BCUT2D eigenvalue weighted by Gasteiger charge is -2.27. The minimum absolute atomic E-state index is 0.623. The van der Waals surface area contributed by atoms with Gasteiger partial charge in [0, 0.05) is 33.6 Å². The minimum atomic E-state index is -0.973. The molecule has 0 aromatic heterocycles. The number of quaternary nitrogens is 1. The quantitative estimate of drug-likeness (QED) is 0.538. The lowest BCUT2D eigenvalue weighted by molar-refractivity contribution is -0.437. The lowest BCUT2D eigenvalue weighted by Crippen LogP contribution is -2.65. The highest BCUT2D eigenvalue weighted by Crippen LogP contribution is 2.26. The Bertz CT molecular complexity index is 279. The molecular formula is C17H36NOSi+. The van der Waals surface area contributed by atoms with Gasteiger partial charge in [0.25, 0.3) is 0 Å². The fourth-order valence-electron chi connectivity index (χ4n) is 3.23. The van der Waals surface area contributed by atoms with Crippen LogP contribution < -0.4 is 5.73 Å². The van der Waals surface area contributed by atoms with Crippen LogP contribution >= 0.6 is 0 Å². The van der Waals surface area contributed by atoms with E-state index in [0.717, 1.165) is 31.5 Å². The van der Waals surface area contributed by atoms with Crippen molar-refractivity contribution in [1.82, 2.24) is 0 Å². The van der Waals surface area contributed by atoms with Crippen molar-refractivity contribution >= 4 is 8.07 Å². The first-order chi connectivity index (χ1) is 9.42. The molecule has 0 aliphatic carbocycles. The van der Waals surface area contributed by atoms with Crippen LogP contribution in [0, 0.1) is 11.8 Å². The van der Waals surface area contributed by atoms with Crippen LogP contribution in [0.15, 0.2) is 12.2 Å². The average Bonchev–Trinajstić information content (AvgIpc) is 2.41. The van der Waals surface area contributed by atoms with Crippen molar-refractivity contribution in [2.75, 3.05) is 13.2 Å². The Labute approximate surface area is 127 Å². The largest absolute Gasteiger partial charge is 0.381 e. The summed E-state index contributed by atoms with van der Waals surface area (Å²) in [4.78, 5) is 0. The molecule has 1 fully saturated rings. The van der Waals surface area contributed by atoms with Crippen molar-refractivity contribution in [3.8, 4) is 0 Å². The van der Waals surface area contributed by atoms with Gasteiger partial charge in [-0.15, -0.1) is 0 Å². The van der Waals surface area contributed by atoms with Crippen LogP contribution in [0.4, 0.5) is 0 Å². The highest BCUT2D eigenvalue weighted by atomic mass is 28.3. The number of hydrogen-bond acceptors (Lipinski definition) is 1. The summed E-state index contributed by atoms with van der Waals surface area (Å²) in [5.41, 5.74) is 4.44. The topological polar surface area (TPSA) is 36.9 Å². The van der Waals surface area contributed by atoms with Crippen LogP contribution in [0.25, 0.3) is 0 Å². The molecule has 1 rings (SSSR count). The Morgan fingerprint density at radius 3 is 2.40 bits per heavy atom. The average molecular weight is 299 g/mol. The second-order valence-corrected chi connectivity index (χ2v) is 13.2. The molecule has 118 valence electrons. The standard InChI is InChI=1S/C17H35NOSi/c1-5-6-7-15(14-20(2,3)4)8-9-17(18)16-10-12-19-13-11-16/h6-7,15-17H,5,8-14,18H2,1-4H3/p+1/b7-6+. The monoisotopic (exact) mass is 298 g/mol. The Morgan fingerprint density at radius 1 is 1.20 bits per heavy atom. The highest BCUT2D eigenvalue weighted by molar-refractivity contribution is 6.76. The van der Waals surface area contributed by atoms with Crippen LogP contribution in [0.5, 0.6) is 0 Å². The molecule has 1 aliphatic heterocycles. The number of rotatable bonds is 8. The second kappa shape index (κ2) is 9.01. The van der Waals surface area contributed by atoms with E-state index in [4.69, 9.17) is 4.74 Å². The van der Waals surface area contributed by atoms with E-state index in [-0.39, 0.29) is 0 Å². The molecule has 0 aromatic carbocycles. The minimum Gasteiger partial charge on any atom is -0.381 e. The first-order valence-corrected chi connectivity index (χ1v) is 12.2. The molecule has 0 radical (unpaired) electrons. The smallest absolute Gasteiger partial charge is 0.0874 e. The molecule has 2 atom stereocenters. The van der Waals surface area contributed by atoms with Gasteiger partial charge in [0.15, 0.2) is 0 Å². The van der Waals surface area contributed by atoms with Gasteiger partial charge in [-0.05, 0) is 31.6 Å². The first-order valence-electron chi connectivity index (χ1n) is 8.50. The van der Waals surface area contributed by atoms with Crippen LogP contribution in [0.2, 0.25) is 25.7 Å². The van der Waals surface area contributed by atoms with Gasteiger partial charge < -0.3 is 10.5 Å². The van der Waals surface area contributed by atoms with Crippen molar-refractivity contribution in [1.29, 1.82) is 0 Å². The van der Waals surface area contributed by atoms with Crippen molar-refractivity contribution in [2.45, 2.75) is 70.8 Å². The summed E-state index contributed by atoms with van der Waals surface area (Å²) in [5, 5.41) is 0. The van der Waals surface area contributed by atoms with Crippen molar-refractivity contribution in [3.05, 3.63) is 12.2 Å². The molecule has 1 heterocycles. The normalized spacial score (nSPS) is 21.2. The first kappa shape index (κ1) is 17.9. The van der Waals surface area contributed by atoms with Crippen molar-refractivity contribution in [3.63, 3.8) is 0 Å². The van der Waals surface area contributed by atoms with Gasteiger partial charge in [0.05, 0.1) is 6.04 Å². The van der Waals surface area contributed by atoms with Crippen molar-refractivity contribution in [2.24, 2.45) is 11.8 Å². The van der Waals surface area contributed by atoms with Crippen molar-refractivity contribution < 1.29 is 10.5 Å². The molecule has 0 spiro atoms. The summed E-state index contributed by atoms with van der Waals surface area (Å²) in [6.07, 6.45) is 11.1. The summed E-state index contributed by atoms with van der Waals surface area (Å²) >= 11 is 0. The van der Waals surface area contributed by atoms with E-state index in [0.29, 0.717) is 6.04 Å². The summed E-state index contributed by atoms with van der Waals surface area (Å²) in [7, 11) is -0.973. The van der Waals surface area contributed by atoms with Gasteiger partial charge in [0.2, 0.25) is 0 Å². The second-order valence-electron chi connectivity index (χ2n) is 7.65. The van der Waals surface area contributed by atoms with E-state index >= 15 is 0 Å². The maximum absolute atomic E-state index is 5.46. The van der Waals surface area contributed by atoms with Gasteiger partial charge in [-0.2, -0.15) is 0 Å². The summed E-state index contributed by atoms with van der Waals surface area (Å²) in [6, 6.07) is 2.04. The Kier molecular flexibility index (Phi) is 8.08. The van der Waals surface area contributed by atoms with Crippen LogP contribution in [-0.2, 0) is 4.74 Å². The number of ether oxygens (including phenoxy) is 1. The van der Waals surface area contributed by atoms with E-state index in [9.17, 15) is 0 Å². The van der Waals surface area contributed by atoms with E-state index in [1.165, 1.54) is 31.7 Å². The van der Waals surface area contributed by atoms with Gasteiger partial charge >= 0.3 is 0 Å². The molecule has 1 saturated heterocycles. The van der Waals surface area contributed by atoms with E-state index in [1.54, 1.807) is 0 Å². The maximum Gasteiger partial charge on any atom is 0.0874 e. The zero-order valence-electron chi connectivity index (χ0n) is 14.2. The predicted molar refractivity (Wildman–Crippen MR) is 90.5 cm³/mol. The zero-order valence-corrected chi connectivity index (χ0v) is 15.2. The lowest BCUT2D eigenvalue weighted by atomic mass is 9.87. The summed E-state index contributed by atoms with van der Waals surface area (Å²) < 4.78 is 5.46. The number of allylic oxidation sites excluding steroid dienone is 2. The zero-order chi connectivity index (χ0) is 15.0. The molecule has 2 nitrogen and oxygen atoms in total. The Hall–Kier alpha value is -0.123. The molecule has 0 amide bonds. The van der Waals surface area contributed by atoms with Crippen LogP contribution in [-0.4, -0.2) is 27.3 Å². The van der Waals surface area contributed by atoms with Gasteiger partial charge in [-0.1, -0.05) is 44.8 Å². The molecule has 0 bridgehead atoms. The van der Waals surface area contributed by atoms with Crippen LogP contribution in [0.3, 0.4) is 0 Å². The maximum atomic E-state index is 5.46. The fourth-order valence-corrected chi connectivity index (χ4v) is 5.15. The fraction of sp³-hybridized carbons (Fsp3) is 0.882. The van der Waals surface area contributed by atoms with E-state index in [2.05, 4.69) is 44.5 Å². The third-order valence-corrected chi connectivity index (χ3v) is 6.11. The molecule has 0 aromatic rings. The molecule has 1 aliphatic rings.